The Balaban J connectivity index is 1.47. The Kier molecular flexibility index (Phi) is 6.46. The Morgan fingerprint density at radius 2 is 2.16 bits per heavy atom. The number of nitrogens with zero attached hydrogens (tertiary/aromatic N) is 4. The maximum absolute atomic E-state index is 14.4. The van der Waals surface area contributed by atoms with Gasteiger partial charge in [0.1, 0.15) is 0 Å². The highest BCUT2D eigenvalue weighted by Crippen LogP contribution is 2.24. The zero-order chi connectivity index (χ0) is 21.8. The van der Waals surface area contributed by atoms with Crippen LogP contribution in [0.2, 0.25) is 0 Å². The van der Waals surface area contributed by atoms with Crippen LogP contribution in [0.5, 0.6) is 0 Å². The van der Waals surface area contributed by atoms with Crippen molar-refractivity contribution in [3.8, 4) is 0 Å². The largest absolute Gasteiger partial charge is 0.363 e. The van der Waals surface area contributed by atoms with E-state index < -0.39 is 5.82 Å². The number of carbonyl (C=O) groups is 1. The van der Waals surface area contributed by atoms with E-state index in [1.54, 1.807) is 4.90 Å². The molecule has 2 N–H and O–H groups in total. The normalized spacial score (nSPS) is 19.3. The van der Waals surface area contributed by atoms with Crippen molar-refractivity contribution in [3.05, 3.63) is 54.0 Å². The van der Waals surface area contributed by atoms with Crippen LogP contribution >= 0.6 is 0 Å². The minimum Gasteiger partial charge on any atom is -0.363 e. The summed E-state index contributed by atoms with van der Waals surface area (Å²) in [7, 11) is 2.13. The molecule has 0 aliphatic carbocycles. The first-order valence-corrected chi connectivity index (χ1v) is 10.8. The molecule has 1 atom stereocenters. The predicted octanol–water partition coefficient (Wildman–Crippen LogP) is 3.33. The van der Waals surface area contributed by atoms with Gasteiger partial charge in [0.05, 0.1) is 6.20 Å². The van der Waals surface area contributed by atoms with E-state index in [4.69, 9.17) is 0 Å². The van der Waals surface area contributed by atoms with Crippen LogP contribution < -0.4 is 10.6 Å². The van der Waals surface area contributed by atoms with Crippen LogP contribution in [0.3, 0.4) is 0 Å². The second-order valence-corrected chi connectivity index (χ2v) is 8.31. The molecule has 1 fully saturated rings. The molecule has 2 aromatic rings. The summed E-state index contributed by atoms with van der Waals surface area (Å²) in [6.07, 6.45) is 6.40. The number of rotatable bonds is 5. The summed E-state index contributed by atoms with van der Waals surface area (Å²) >= 11 is 0. The second-order valence-electron chi connectivity index (χ2n) is 8.31. The number of likely N-dealkylation sites (tertiary alicyclic amines) is 1. The standard InChI is InChI=1S/C23H29FN6O/c1-3-21(31)30-11-5-7-19(15-30)26-22-20(24)13-25-23(28-22)27-18-9-8-16-6-4-10-29(2)14-17(16)12-18/h3,8-9,12-13,19H,1,4-7,10-11,14-15H2,2H3,(H2,25,26,27,28). The third-order valence-electron chi connectivity index (χ3n) is 5.88. The highest BCUT2D eigenvalue weighted by molar-refractivity contribution is 5.87. The molecule has 1 unspecified atom stereocenters. The number of benzene rings is 1. The average Bonchev–Trinajstić information content (AvgIpc) is 2.95. The van der Waals surface area contributed by atoms with Crippen LogP contribution in [0.4, 0.5) is 21.8 Å². The number of aryl methyl sites for hydroxylation is 1. The Morgan fingerprint density at radius 3 is 3.00 bits per heavy atom. The van der Waals surface area contributed by atoms with Crippen molar-refractivity contribution in [2.45, 2.75) is 38.3 Å². The topological polar surface area (TPSA) is 73.4 Å². The minimum atomic E-state index is -0.513. The average molecular weight is 425 g/mol. The van der Waals surface area contributed by atoms with Gasteiger partial charge in [-0.3, -0.25) is 4.79 Å². The Hall–Kier alpha value is -3.00. The maximum Gasteiger partial charge on any atom is 0.246 e. The quantitative estimate of drug-likeness (QED) is 0.718. The van der Waals surface area contributed by atoms with Gasteiger partial charge in [-0.25, -0.2) is 9.37 Å². The minimum absolute atomic E-state index is 0.0714. The second kappa shape index (κ2) is 9.43. The monoisotopic (exact) mass is 424 g/mol. The summed E-state index contributed by atoms with van der Waals surface area (Å²) in [5.74, 6) is -0.141. The number of anilines is 3. The first-order chi connectivity index (χ1) is 15.0. The van der Waals surface area contributed by atoms with E-state index in [0.29, 0.717) is 19.0 Å². The molecule has 0 spiro atoms. The van der Waals surface area contributed by atoms with Crippen molar-refractivity contribution in [2.75, 3.05) is 37.3 Å². The number of hydrogen-bond acceptors (Lipinski definition) is 6. The molecule has 1 aromatic heterocycles. The van der Waals surface area contributed by atoms with Gasteiger partial charge in [0.15, 0.2) is 11.6 Å². The fourth-order valence-corrected chi connectivity index (χ4v) is 4.28. The molecule has 164 valence electrons. The van der Waals surface area contributed by atoms with E-state index in [1.807, 2.05) is 6.07 Å². The van der Waals surface area contributed by atoms with E-state index in [1.165, 1.54) is 23.4 Å². The summed E-state index contributed by atoms with van der Waals surface area (Å²) in [4.78, 5) is 24.4. The van der Waals surface area contributed by atoms with Gasteiger partial charge in [0, 0.05) is 31.4 Å². The number of nitrogens with one attached hydrogen (secondary N) is 2. The zero-order valence-electron chi connectivity index (χ0n) is 17.9. The van der Waals surface area contributed by atoms with E-state index in [-0.39, 0.29) is 17.8 Å². The molecule has 3 heterocycles. The van der Waals surface area contributed by atoms with Gasteiger partial charge in [0.2, 0.25) is 11.9 Å². The predicted molar refractivity (Wildman–Crippen MR) is 120 cm³/mol. The summed E-state index contributed by atoms with van der Waals surface area (Å²) in [5, 5.41) is 6.35. The molecule has 0 saturated carbocycles. The van der Waals surface area contributed by atoms with Gasteiger partial charge in [0.25, 0.3) is 0 Å². The van der Waals surface area contributed by atoms with Gasteiger partial charge < -0.3 is 20.4 Å². The maximum atomic E-state index is 14.4. The van der Waals surface area contributed by atoms with Gasteiger partial charge >= 0.3 is 0 Å². The molecule has 7 nitrogen and oxygen atoms in total. The van der Waals surface area contributed by atoms with Gasteiger partial charge in [-0.1, -0.05) is 12.6 Å². The van der Waals surface area contributed by atoms with Crippen molar-refractivity contribution < 1.29 is 9.18 Å². The Bertz CT molecular complexity index is 965. The first kappa shape index (κ1) is 21.2. The summed E-state index contributed by atoms with van der Waals surface area (Å²) < 4.78 is 14.4. The number of piperidine rings is 1. The highest BCUT2D eigenvalue weighted by atomic mass is 19.1. The SMILES string of the molecule is C=CC(=O)N1CCCC(Nc2nc(Nc3ccc4c(c3)CN(C)CCC4)ncc2F)C1. The summed E-state index contributed by atoms with van der Waals surface area (Å²) in [6.45, 7) is 6.72. The van der Waals surface area contributed by atoms with Crippen LogP contribution in [0.1, 0.15) is 30.4 Å². The first-order valence-electron chi connectivity index (χ1n) is 10.8. The fourth-order valence-electron chi connectivity index (χ4n) is 4.28. The Morgan fingerprint density at radius 1 is 1.29 bits per heavy atom. The number of halogens is 1. The van der Waals surface area contributed by atoms with Crippen LogP contribution in [0, 0.1) is 5.82 Å². The van der Waals surface area contributed by atoms with Crippen molar-refractivity contribution in [1.82, 2.24) is 19.8 Å². The number of aromatic nitrogens is 2. The van der Waals surface area contributed by atoms with E-state index in [9.17, 15) is 9.18 Å². The lowest BCUT2D eigenvalue weighted by Crippen LogP contribution is -2.44. The number of carbonyl (C=O) groups excluding carboxylic acids is 1. The summed E-state index contributed by atoms with van der Waals surface area (Å²) in [5.41, 5.74) is 3.54. The highest BCUT2D eigenvalue weighted by Gasteiger charge is 2.23. The Labute approximate surface area is 182 Å². The molecular formula is C23H29FN6O. The lowest BCUT2D eigenvalue weighted by atomic mass is 10.0. The molecular weight excluding hydrogens is 395 g/mol. The third-order valence-corrected chi connectivity index (χ3v) is 5.88. The molecule has 1 aromatic carbocycles. The lowest BCUT2D eigenvalue weighted by Gasteiger charge is -2.32. The molecule has 31 heavy (non-hydrogen) atoms. The molecule has 1 amide bonds. The molecule has 0 radical (unpaired) electrons. The lowest BCUT2D eigenvalue weighted by molar-refractivity contribution is -0.127. The van der Waals surface area contributed by atoms with Gasteiger partial charge in [-0.05, 0) is 68.6 Å². The third kappa shape index (κ3) is 5.19. The fraction of sp³-hybridized carbons (Fsp3) is 0.435. The number of hydrogen-bond donors (Lipinski definition) is 2. The van der Waals surface area contributed by atoms with Crippen LogP contribution in [0.15, 0.2) is 37.1 Å². The molecule has 1 saturated heterocycles. The molecule has 4 rings (SSSR count). The number of fused-ring (bicyclic) bond motifs is 1. The number of amides is 1. The van der Waals surface area contributed by atoms with Crippen molar-refractivity contribution in [3.63, 3.8) is 0 Å². The van der Waals surface area contributed by atoms with Crippen molar-refractivity contribution in [1.29, 1.82) is 0 Å². The molecule has 2 aliphatic heterocycles. The van der Waals surface area contributed by atoms with Crippen molar-refractivity contribution in [2.24, 2.45) is 0 Å². The van der Waals surface area contributed by atoms with E-state index in [0.717, 1.165) is 44.5 Å². The van der Waals surface area contributed by atoms with Crippen molar-refractivity contribution >= 4 is 23.4 Å². The smallest absolute Gasteiger partial charge is 0.246 e. The zero-order valence-corrected chi connectivity index (χ0v) is 17.9. The van der Waals surface area contributed by atoms with Crippen LogP contribution in [-0.2, 0) is 17.8 Å². The molecule has 8 heteroatoms. The van der Waals surface area contributed by atoms with Gasteiger partial charge in [-0.15, -0.1) is 0 Å². The van der Waals surface area contributed by atoms with E-state index >= 15 is 0 Å². The molecule has 2 aliphatic rings. The van der Waals surface area contributed by atoms with Crippen LogP contribution in [0.25, 0.3) is 0 Å². The van der Waals surface area contributed by atoms with Gasteiger partial charge in [-0.2, -0.15) is 4.98 Å². The summed E-state index contributed by atoms with van der Waals surface area (Å²) in [6, 6.07) is 6.21. The van der Waals surface area contributed by atoms with E-state index in [2.05, 4.69) is 51.3 Å². The van der Waals surface area contributed by atoms with Crippen LogP contribution in [-0.4, -0.2) is 58.4 Å². The molecule has 0 bridgehead atoms.